The van der Waals surface area contributed by atoms with Crippen molar-refractivity contribution in [2.24, 2.45) is 0 Å². The molecule has 0 radical (unpaired) electrons. The van der Waals surface area contributed by atoms with Crippen LogP contribution < -0.4 is 4.72 Å². The molecular weight excluding hydrogens is 371 g/mol. The highest BCUT2D eigenvalue weighted by Crippen LogP contribution is 2.25. The van der Waals surface area contributed by atoms with Crippen molar-refractivity contribution < 1.29 is 12.8 Å². The third-order valence-electron chi connectivity index (χ3n) is 3.25. The molecule has 0 amide bonds. The Balaban J connectivity index is 1.74. The molecule has 1 aromatic carbocycles. The molecule has 8 heteroatoms. The molecule has 0 saturated carbocycles. The van der Waals surface area contributed by atoms with E-state index < -0.39 is 10.0 Å². The van der Waals surface area contributed by atoms with Gasteiger partial charge in [0.2, 0.25) is 10.0 Å². The van der Waals surface area contributed by atoms with Crippen molar-refractivity contribution in [3.8, 4) is 11.5 Å². The van der Waals surface area contributed by atoms with Crippen molar-refractivity contribution in [1.29, 1.82) is 0 Å². The predicted molar refractivity (Wildman–Crippen MR) is 92.4 cm³/mol. The van der Waals surface area contributed by atoms with Gasteiger partial charge in [-0.15, -0.1) is 0 Å². The molecule has 2 heterocycles. The summed E-state index contributed by atoms with van der Waals surface area (Å²) in [6.45, 7) is 0.0800. The highest BCUT2D eigenvalue weighted by atomic mass is 35.5. The average molecular weight is 383 g/mol. The minimum absolute atomic E-state index is 0.0585. The minimum atomic E-state index is -3.78. The van der Waals surface area contributed by atoms with Gasteiger partial charge in [-0.25, -0.2) is 13.1 Å². The highest BCUT2D eigenvalue weighted by Gasteiger charge is 2.18. The zero-order valence-corrected chi connectivity index (χ0v) is 14.6. The minimum Gasteiger partial charge on any atom is -0.463 e. The van der Waals surface area contributed by atoms with E-state index in [4.69, 9.17) is 27.6 Å². The number of nitrogens with zero attached hydrogens (tertiary/aromatic N) is 1. The first kappa shape index (κ1) is 17.0. The van der Waals surface area contributed by atoms with Crippen LogP contribution in [-0.4, -0.2) is 13.4 Å². The molecular formula is C16H12Cl2N2O3S. The Hall–Kier alpha value is -1.86. The zero-order valence-electron chi connectivity index (χ0n) is 12.2. The van der Waals surface area contributed by atoms with E-state index in [9.17, 15) is 8.42 Å². The molecule has 0 saturated heterocycles. The number of sulfonamides is 1. The molecule has 0 bridgehead atoms. The van der Waals surface area contributed by atoms with Crippen LogP contribution in [0, 0.1) is 0 Å². The fraction of sp³-hybridized carbons (Fsp3) is 0.0625. The summed E-state index contributed by atoms with van der Waals surface area (Å²) in [6.07, 6.45) is 3.15. The van der Waals surface area contributed by atoms with E-state index in [0.717, 1.165) is 0 Å². The Morgan fingerprint density at radius 2 is 1.96 bits per heavy atom. The lowest BCUT2D eigenvalue weighted by atomic mass is 10.2. The third kappa shape index (κ3) is 3.79. The molecule has 0 fully saturated rings. The summed E-state index contributed by atoms with van der Waals surface area (Å²) >= 11 is 11.8. The first-order valence-electron chi connectivity index (χ1n) is 6.89. The summed E-state index contributed by atoms with van der Waals surface area (Å²) in [4.78, 5) is 4.19. The highest BCUT2D eigenvalue weighted by molar-refractivity contribution is 7.89. The number of furan rings is 1. The topological polar surface area (TPSA) is 72.2 Å². The van der Waals surface area contributed by atoms with Crippen LogP contribution in [0.4, 0.5) is 0 Å². The van der Waals surface area contributed by atoms with Gasteiger partial charge < -0.3 is 4.42 Å². The molecule has 3 aromatic rings. The van der Waals surface area contributed by atoms with E-state index >= 15 is 0 Å². The maximum absolute atomic E-state index is 12.3. The molecule has 124 valence electrons. The second-order valence-electron chi connectivity index (χ2n) is 4.93. The Bertz CT molecular complexity index is 940. The van der Waals surface area contributed by atoms with Crippen LogP contribution in [0.25, 0.3) is 11.5 Å². The van der Waals surface area contributed by atoms with Gasteiger partial charge in [-0.05, 0) is 42.0 Å². The number of halogens is 2. The van der Waals surface area contributed by atoms with Crippen molar-refractivity contribution in [1.82, 2.24) is 9.71 Å². The van der Waals surface area contributed by atoms with Gasteiger partial charge in [-0.3, -0.25) is 4.98 Å². The summed E-state index contributed by atoms with van der Waals surface area (Å²) in [5.74, 6) is 0.646. The van der Waals surface area contributed by atoms with E-state index in [0.29, 0.717) is 22.0 Å². The molecule has 0 unspecified atom stereocenters. The second-order valence-corrected chi connectivity index (χ2v) is 7.51. The number of aromatic nitrogens is 1. The maximum atomic E-state index is 12.3. The van der Waals surface area contributed by atoms with Crippen molar-refractivity contribution in [3.05, 3.63) is 70.5 Å². The van der Waals surface area contributed by atoms with Crippen LogP contribution in [0.5, 0.6) is 0 Å². The number of pyridine rings is 1. The van der Waals surface area contributed by atoms with Gasteiger partial charge in [0.05, 0.1) is 11.3 Å². The van der Waals surface area contributed by atoms with E-state index in [2.05, 4.69) is 9.71 Å². The Morgan fingerprint density at radius 1 is 1.12 bits per heavy atom. The summed E-state index contributed by atoms with van der Waals surface area (Å²) in [7, 11) is -3.78. The number of benzene rings is 1. The van der Waals surface area contributed by atoms with Crippen LogP contribution in [0.2, 0.25) is 10.0 Å². The van der Waals surface area contributed by atoms with Gasteiger partial charge in [0.1, 0.15) is 10.6 Å². The second kappa shape index (κ2) is 6.94. The molecule has 0 atom stereocenters. The number of rotatable bonds is 5. The molecule has 2 aromatic heterocycles. The van der Waals surface area contributed by atoms with Crippen molar-refractivity contribution in [2.75, 3.05) is 0 Å². The predicted octanol–water partition coefficient (Wildman–Crippen LogP) is 4.13. The van der Waals surface area contributed by atoms with Gasteiger partial charge in [0.25, 0.3) is 0 Å². The molecule has 3 rings (SSSR count). The third-order valence-corrected chi connectivity index (χ3v) is 5.37. The lowest BCUT2D eigenvalue weighted by Gasteiger charge is -2.09. The Kier molecular flexibility index (Phi) is 4.91. The number of hydrogen-bond acceptors (Lipinski definition) is 4. The Morgan fingerprint density at radius 3 is 2.62 bits per heavy atom. The van der Waals surface area contributed by atoms with Crippen LogP contribution in [0.1, 0.15) is 5.56 Å². The summed E-state index contributed by atoms with van der Waals surface area (Å²) in [5, 5.41) is 0.405. The smallest absolute Gasteiger partial charge is 0.242 e. The number of hydrogen-bond donors (Lipinski definition) is 1. The quantitative estimate of drug-likeness (QED) is 0.719. The largest absolute Gasteiger partial charge is 0.463 e. The molecule has 1 N–H and O–H groups in total. The van der Waals surface area contributed by atoms with Gasteiger partial charge in [-0.1, -0.05) is 29.3 Å². The van der Waals surface area contributed by atoms with Gasteiger partial charge in [0.15, 0.2) is 5.76 Å². The first-order chi connectivity index (χ1) is 11.5. The number of nitrogens with one attached hydrogen (secondary N) is 1. The molecule has 0 spiro atoms. The van der Waals surface area contributed by atoms with E-state index in [1.165, 1.54) is 18.2 Å². The van der Waals surface area contributed by atoms with Crippen LogP contribution >= 0.6 is 23.2 Å². The fourth-order valence-corrected chi connectivity index (χ4v) is 3.82. The van der Waals surface area contributed by atoms with Gasteiger partial charge >= 0.3 is 0 Å². The van der Waals surface area contributed by atoms with E-state index in [1.807, 2.05) is 0 Å². The van der Waals surface area contributed by atoms with Gasteiger partial charge in [0, 0.05) is 17.8 Å². The van der Waals surface area contributed by atoms with Crippen molar-refractivity contribution >= 4 is 33.2 Å². The summed E-state index contributed by atoms with van der Waals surface area (Å²) in [6, 6.07) is 11.4. The SMILES string of the molecule is O=S(=O)(NCc1ccc(-c2ccco2)nc1)c1cc(Cl)ccc1Cl. The summed E-state index contributed by atoms with van der Waals surface area (Å²) in [5.41, 5.74) is 1.37. The normalized spacial score (nSPS) is 11.6. The fourth-order valence-electron chi connectivity index (χ4n) is 2.04. The lowest BCUT2D eigenvalue weighted by molar-refractivity contribution is 0.578. The van der Waals surface area contributed by atoms with Crippen LogP contribution in [0.15, 0.2) is 64.2 Å². The van der Waals surface area contributed by atoms with Crippen molar-refractivity contribution in [2.45, 2.75) is 11.4 Å². The Labute approximate surface area is 149 Å². The average Bonchev–Trinajstić information content (AvgIpc) is 3.10. The molecule has 5 nitrogen and oxygen atoms in total. The van der Waals surface area contributed by atoms with Crippen LogP contribution in [0.3, 0.4) is 0 Å². The molecule has 0 aliphatic heterocycles. The first-order valence-corrected chi connectivity index (χ1v) is 9.13. The van der Waals surface area contributed by atoms with E-state index in [1.54, 1.807) is 36.7 Å². The summed E-state index contributed by atoms with van der Waals surface area (Å²) < 4.78 is 32.4. The molecule has 24 heavy (non-hydrogen) atoms. The molecule has 0 aliphatic carbocycles. The lowest BCUT2D eigenvalue weighted by Crippen LogP contribution is -2.23. The van der Waals surface area contributed by atoms with Gasteiger partial charge in [-0.2, -0.15) is 0 Å². The van der Waals surface area contributed by atoms with Crippen molar-refractivity contribution in [3.63, 3.8) is 0 Å². The van der Waals surface area contributed by atoms with Crippen LogP contribution in [-0.2, 0) is 16.6 Å². The zero-order chi connectivity index (χ0) is 17.2. The van der Waals surface area contributed by atoms with E-state index in [-0.39, 0.29) is 16.5 Å². The monoisotopic (exact) mass is 382 g/mol. The standard InChI is InChI=1S/C16H12Cl2N2O3S/c17-12-4-5-13(18)16(8-12)24(21,22)20-10-11-3-6-14(19-9-11)15-2-1-7-23-15/h1-9,20H,10H2. The molecule has 0 aliphatic rings. The maximum Gasteiger partial charge on any atom is 0.242 e.